The first-order chi connectivity index (χ1) is 7.66. The Morgan fingerprint density at radius 3 is 2.94 bits per heavy atom. The van der Waals surface area contributed by atoms with Crippen molar-refractivity contribution in [2.45, 2.75) is 19.8 Å². The lowest BCUT2D eigenvalue weighted by Gasteiger charge is -2.07. The van der Waals surface area contributed by atoms with Crippen molar-refractivity contribution in [3.05, 3.63) is 35.2 Å². The minimum Gasteiger partial charge on any atom is -0.481 e. The van der Waals surface area contributed by atoms with Gasteiger partial charge in [-0.25, -0.2) is 0 Å². The molecule has 1 atom stereocenters. The minimum atomic E-state index is -0.716. The standard InChI is InChI=1S/C13H14O2S/c1-9(7-13(14)15)6-10-8-16-12-5-3-2-4-11(10)12/h2-5,8-9H,6-7H2,1H3,(H,14,15). The van der Waals surface area contributed by atoms with Gasteiger partial charge in [-0.15, -0.1) is 11.3 Å². The van der Waals surface area contributed by atoms with Crippen molar-refractivity contribution in [3.63, 3.8) is 0 Å². The maximum absolute atomic E-state index is 10.6. The number of carboxylic acid groups (broad SMARTS) is 1. The summed E-state index contributed by atoms with van der Waals surface area (Å²) in [6, 6.07) is 8.27. The first-order valence-electron chi connectivity index (χ1n) is 5.33. The molecule has 0 bridgehead atoms. The van der Waals surface area contributed by atoms with E-state index < -0.39 is 5.97 Å². The van der Waals surface area contributed by atoms with E-state index in [4.69, 9.17) is 5.11 Å². The van der Waals surface area contributed by atoms with Crippen LogP contribution in [0.2, 0.25) is 0 Å². The van der Waals surface area contributed by atoms with Gasteiger partial charge in [-0.3, -0.25) is 4.79 Å². The third-order valence-electron chi connectivity index (χ3n) is 2.65. The van der Waals surface area contributed by atoms with Gasteiger partial charge in [0.15, 0.2) is 0 Å². The normalized spacial score (nSPS) is 12.8. The van der Waals surface area contributed by atoms with Crippen molar-refractivity contribution >= 4 is 27.4 Å². The number of rotatable bonds is 4. The van der Waals surface area contributed by atoms with Gasteiger partial charge in [-0.05, 0) is 34.7 Å². The Morgan fingerprint density at radius 1 is 1.44 bits per heavy atom. The second kappa shape index (κ2) is 4.66. The molecule has 0 amide bonds. The van der Waals surface area contributed by atoms with E-state index in [1.807, 2.05) is 19.1 Å². The summed E-state index contributed by atoms with van der Waals surface area (Å²) >= 11 is 1.73. The van der Waals surface area contributed by atoms with Crippen LogP contribution in [0.5, 0.6) is 0 Å². The molecule has 1 heterocycles. The number of fused-ring (bicyclic) bond motifs is 1. The van der Waals surface area contributed by atoms with Gasteiger partial charge in [-0.2, -0.15) is 0 Å². The Kier molecular flexibility index (Phi) is 3.25. The molecule has 1 unspecified atom stereocenters. The average Bonchev–Trinajstić information content (AvgIpc) is 2.61. The zero-order valence-electron chi connectivity index (χ0n) is 9.14. The molecule has 16 heavy (non-hydrogen) atoms. The monoisotopic (exact) mass is 234 g/mol. The average molecular weight is 234 g/mol. The van der Waals surface area contributed by atoms with Gasteiger partial charge < -0.3 is 5.11 Å². The number of carboxylic acids is 1. The molecule has 3 heteroatoms. The molecular formula is C13H14O2S. The molecule has 84 valence electrons. The van der Waals surface area contributed by atoms with E-state index in [1.165, 1.54) is 15.6 Å². The summed E-state index contributed by atoms with van der Waals surface area (Å²) < 4.78 is 1.28. The number of thiophene rings is 1. The molecule has 1 aromatic carbocycles. The van der Waals surface area contributed by atoms with Crippen molar-refractivity contribution in [2.75, 3.05) is 0 Å². The largest absolute Gasteiger partial charge is 0.481 e. The summed E-state index contributed by atoms with van der Waals surface area (Å²) in [5, 5.41) is 12.1. The molecule has 0 aliphatic rings. The fourth-order valence-corrected chi connectivity index (χ4v) is 2.91. The Labute approximate surface area is 98.5 Å². The first kappa shape index (κ1) is 11.1. The maximum atomic E-state index is 10.6. The number of hydrogen-bond acceptors (Lipinski definition) is 2. The molecule has 0 aliphatic carbocycles. The zero-order chi connectivity index (χ0) is 11.5. The van der Waals surface area contributed by atoms with Crippen LogP contribution in [-0.2, 0) is 11.2 Å². The molecular weight excluding hydrogens is 220 g/mol. The molecule has 1 aromatic heterocycles. The van der Waals surface area contributed by atoms with Gasteiger partial charge in [0.1, 0.15) is 0 Å². The van der Waals surface area contributed by atoms with Crippen LogP contribution < -0.4 is 0 Å². The second-order valence-electron chi connectivity index (χ2n) is 4.16. The smallest absolute Gasteiger partial charge is 0.303 e. The highest BCUT2D eigenvalue weighted by Crippen LogP contribution is 2.28. The first-order valence-corrected chi connectivity index (χ1v) is 6.21. The van der Waals surface area contributed by atoms with Crippen molar-refractivity contribution in [3.8, 4) is 0 Å². The quantitative estimate of drug-likeness (QED) is 0.878. The van der Waals surface area contributed by atoms with Gasteiger partial charge in [0.05, 0.1) is 0 Å². The lowest BCUT2D eigenvalue weighted by atomic mass is 9.98. The highest BCUT2D eigenvalue weighted by molar-refractivity contribution is 7.17. The summed E-state index contributed by atoms with van der Waals surface area (Å²) in [7, 11) is 0. The van der Waals surface area contributed by atoms with Crippen molar-refractivity contribution < 1.29 is 9.90 Å². The summed E-state index contributed by atoms with van der Waals surface area (Å²) in [6.07, 6.45) is 1.08. The Bertz CT molecular complexity index is 501. The molecule has 1 N–H and O–H groups in total. The molecule has 2 aromatic rings. The van der Waals surface area contributed by atoms with E-state index in [0.717, 1.165) is 6.42 Å². The summed E-state index contributed by atoms with van der Waals surface area (Å²) in [5.41, 5.74) is 1.27. The number of aliphatic carboxylic acids is 1. The maximum Gasteiger partial charge on any atom is 0.303 e. The van der Waals surface area contributed by atoms with Gasteiger partial charge in [-0.1, -0.05) is 25.1 Å². The molecule has 0 saturated heterocycles. The van der Waals surface area contributed by atoms with E-state index in [9.17, 15) is 4.79 Å². The van der Waals surface area contributed by atoms with Crippen LogP contribution in [0.25, 0.3) is 10.1 Å². The molecule has 2 nitrogen and oxygen atoms in total. The van der Waals surface area contributed by atoms with Gasteiger partial charge in [0.25, 0.3) is 0 Å². The molecule has 2 rings (SSSR count). The second-order valence-corrected chi connectivity index (χ2v) is 5.08. The van der Waals surface area contributed by atoms with Gasteiger partial charge in [0, 0.05) is 11.1 Å². The fourth-order valence-electron chi connectivity index (χ4n) is 1.94. The van der Waals surface area contributed by atoms with E-state index in [-0.39, 0.29) is 12.3 Å². The van der Waals surface area contributed by atoms with Crippen LogP contribution in [0.1, 0.15) is 18.9 Å². The van der Waals surface area contributed by atoms with Crippen molar-refractivity contribution in [1.29, 1.82) is 0 Å². The van der Waals surface area contributed by atoms with Gasteiger partial charge >= 0.3 is 5.97 Å². The Hall–Kier alpha value is -1.35. The predicted molar refractivity (Wildman–Crippen MR) is 66.9 cm³/mol. The third kappa shape index (κ3) is 2.42. The lowest BCUT2D eigenvalue weighted by Crippen LogP contribution is -2.06. The van der Waals surface area contributed by atoms with Crippen LogP contribution in [-0.4, -0.2) is 11.1 Å². The highest BCUT2D eigenvalue weighted by Gasteiger charge is 2.11. The number of carbonyl (C=O) groups is 1. The van der Waals surface area contributed by atoms with Crippen LogP contribution in [0.15, 0.2) is 29.6 Å². The Balaban J connectivity index is 2.18. The highest BCUT2D eigenvalue weighted by atomic mass is 32.1. The molecule has 0 spiro atoms. The molecule has 0 radical (unpaired) electrons. The van der Waals surface area contributed by atoms with Gasteiger partial charge in [0.2, 0.25) is 0 Å². The number of hydrogen-bond donors (Lipinski definition) is 1. The summed E-state index contributed by atoms with van der Waals surface area (Å²) in [6.45, 7) is 1.99. The minimum absolute atomic E-state index is 0.190. The summed E-state index contributed by atoms with van der Waals surface area (Å²) in [4.78, 5) is 10.6. The van der Waals surface area contributed by atoms with Crippen molar-refractivity contribution in [1.82, 2.24) is 0 Å². The Morgan fingerprint density at radius 2 is 2.19 bits per heavy atom. The molecule has 0 fully saturated rings. The third-order valence-corrected chi connectivity index (χ3v) is 3.66. The predicted octanol–water partition coefficient (Wildman–Crippen LogP) is 3.55. The van der Waals surface area contributed by atoms with Crippen LogP contribution >= 0.6 is 11.3 Å². The van der Waals surface area contributed by atoms with E-state index in [1.54, 1.807) is 11.3 Å². The van der Waals surface area contributed by atoms with Crippen molar-refractivity contribution in [2.24, 2.45) is 5.92 Å². The van der Waals surface area contributed by atoms with E-state index in [2.05, 4.69) is 17.5 Å². The lowest BCUT2D eigenvalue weighted by molar-refractivity contribution is -0.137. The van der Waals surface area contributed by atoms with E-state index in [0.29, 0.717) is 0 Å². The molecule has 0 saturated carbocycles. The zero-order valence-corrected chi connectivity index (χ0v) is 9.96. The molecule has 0 aliphatic heterocycles. The van der Waals surface area contributed by atoms with Crippen LogP contribution in [0, 0.1) is 5.92 Å². The SMILES string of the molecule is CC(CC(=O)O)Cc1csc2ccccc12. The topological polar surface area (TPSA) is 37.3 Å². The summed E-state index contributed by atoms with van der Waals surface area (Å²) in [5.74, 6) is -0.525. The van der Waals surface area contributed by atoms with Crippen LogP contribution in [0.3, 0.4) is 0 Å². The number of benzene rings is 1. The fraction of sp³-hybridized carbons (Fsp3) is 0.308. The van der Waals surface area contributed by atoms with E-state index >= 15 is 0 Å². The van der Waals surface area contributed by atoms with Crippen LogP contribution in [0.4, 0.5) is 0 Å².